The molecule has 1 atom stereocenters. The molecule has 0 bridgehead atoms. The molecule has 0 aromatic heterocycles. The van der Waals surface area contributed by atoms with Gasteiger partial charge in [-0.15, -0.1) is 0 Å². The van der Waals surface area contributed by atoms with Crippen LogP contribution in [0.1, 0.15) is 17.2 Å². The van der Waals surface area contributed by atoms with Gasteiger partial charge in [-0.3, -0.25) is 4.79 Å². The number of carbonyl (C=O) groups is 1. The van der Waals surface area contributed by atoms with Gasteiger partial charge in [-0.1, -0.05) is 11.6 Å². The van der Waals surface area contributed by atoms with Crippen LogP contribution in [-0.2, 0) is 11.0 Å². The van der Waals surface area contributed by atoms with Crippen LogP contribution in [0.25, 0.3) is 0 Å². The first-order valence-corrected chi connectivity index (χ1v) is 4.57. The van der Waals surface area contributed by atoms with Gasteiger partial charge < -0.3 is 10.8 Å². The highest BCUT2D eigenvalue weighted by molar-refractivity contribution is 6.30. The van der Waals surface area contributed by atoms with Gasteiger partial charge in [0.1, 0.15) is 11.9 Å². The molecular formula is C9H6ClF4NO2. The molecule has 1 aromatic carbocycles. The Kier molecular flexibility index (Phi) is 3.63. The summed E-state index contributed by atoms with van der Waals surface area (Å²) in [5.74, 6) is -3.26. The topological polar surface area (TPSA) is 63.3 Å². The summed E-state index contributed by atoms with van der Waals surface area (Å²) in [5.41, 5.74) is 2.39. The van der Waals surface area contributed by atoms with E-state index in [4.69, 9.17) is 22.4 Å². The van der Waals surface area contributed by atoms with Crippen molar-refractivity contribution in [1.82, 2.24) is 0 Å². The number of rotatable bonds is 2. The van der Waals surface area contributed by atoms with Gasteiger partial charge in [0.2, 0.25) is 0 Å². The Morgan fingerprint density at radius 1 is 1.41 bits per heavy atom. The third-order valence-electron chi connectivity index (χ3n) is 2.02. The molecule has 94 valence electrons. The predicted octanol–water partition coefficient (Wildman–Crippen LogP) is 2.58. The zero-order valence-electron chi connectivity index (χ0n) is 8.05. The molecule has 3 N–H and O–H groups in total. The van der Waals surface area contributed by atoms with Crippen molar-refractivity contribution in [3.8, 4) is 0 Å². The van der Waals surface area contributed by atoms with Gasteiger partial charge in [-0.25, -0.2) is 4.39 Å². The van der Waals surface area contributed by atoms with Crippen molar-refractivity contribution in [2.45, 2.75) is 12.2 Å². The van der Waals surface area contributed by atoms with Crippen LogP contribution in [0.4, 0.5) is 17.6 Å². The predicted molar refractivity (Wildman–Crippen MR) is 51.0 cm³/mol. The van der Waals surface area contributed by atoms with Gasteiger partial charge in [0.15, 0.2) is 0 Å². The highest BCUT2D eigenvalue weighted by atomic mass is 35.5. The van der Waals surface area contributed by atoms with Crippen LogP contribution in [0.5, 0.6) is 0 Å². The minimum absolute atomic E-state index is 0.490. The Bertz CT molecular complexity index is 461. The lowest BCUT2D eigenvalue weighted by Gasteiger charge is -2.16. The molecule has 8 heteroatoms. The van der Waals surface area contributed by atoms with E-state index in [0.717, 1.165) is 0 Å². The third kappa shape index (κ3) is 2.67. The molecule has 1 rings (SSSR count). The Morgan fingerprint density at radius 2 is 1.94 bits per heavy atom. The number of aliphatic carboxylic acids is 1. The molecular weight excluding hydrogens is 266 g/mol. The van der Waals surface area contributed by atoms with Gasteiger partial charge >= 0.3 is 12.1 Å². The molecule has 0 aliphatic heterocycles. The van der Waals surface area contributed by atoms with Crippen molar-refractivity contribution in [3.05, 3.63) is 34.1 Å². The molecule has 0 amide bonds. The molecule has 1 aromatic rings. The summed E-state index contributed by atoms with van der Waals surface area (Å²) in [7, 11) is 0. The second kappa shape index (κ2) is 4.50. The Labute approximate surface area is 97.8 Å². The largest absolute Gasteiger partial charge is 0.480 e. The molecule has 0 aliphatic carbocycles. The summed E-state index contributed by atoms with van der Waals surface area (Å²) in [6.45, 7) is 0. The highest BCUT2D eigenvalue weighted by Crippen LogP contribution is 2.37. The van der Waals surface area contributed by atoms with E-state index < -0.39 is 40.2 Å². The fourth-order valence-corrected chi connectivity index (χ4v) is 1.41. The number of benzene rings is 1. The van der Waals surface area contributed by atoms with Crippen LogP contribution in [0.15, 0.2) is 12.1 Å². The monoisotopic (exact) mass is 271 g/mol. The molecule has 17 heavy (non-hydrogen) atoms. The molecule has 0 radical (unpaired) electrons. The highest BCUT2D eigenvalue weighted by Gasteiger charge is 2.38. The molecule has 0 heterocycles. The maximum atomic E-state index is 13.4. The van der Waals surface area contributed by atoms with E-state index in [2.05, 4.69) is 0 Å². The molecule has 0 spiro atoms. The van der Waals surface area contributed by atoms with Crippen LogP contribution in [0.3, 0.4) is 0 Å². The molecule has 0 fully saturated rings. The second-order valence-electron chi connectivity index (χ2n) is 3.14. The van der Waals surface area contributed by atoms with Crippen LogP contribution in [0.2, 0.25) is 5.02 Å². The molecule has 3 nitrogen and oxygen atoms in total. The van der Waals surface area contributed by atoms with Crippen molar-refractivity contribution in [3.63, 3.8) is 0 Å². The molecule has 0 saturated heterocycles. The van der Waals surface area contributed by atoms with Gasteiger partial charge in [0.25, 0.3) is 0 Å². The number of halogens is 5. The van der Waals surface area contributed by atoms with Crippen LogP contribution < -0.4 is 5.73 Å². The summed E-state index contributed by atoms with van der Waals surface area (Å²) < 4.78 is 51.0. The average molecular weight is 272 g/mol. The van der Waals surface area contributed by atoms with E-state index in [1.165, 1.54) is 0 Å². The first kappa shape index (κ1) is 13.7. The van der Waals surface area contributed by atoms with Crippen LogP contribution in [-0.4, -0.2) is 11.1 Å². The number of hydrogen-bond donors (Lipinski definition) is 2. The normalized spacial score (nSPS) is 13.5. The van der Waals surface area contributed by atoms with Crippen LogP contribution in [0, 0.1) is 5.82 Å². The Morgan fingerprint density at radius 3 is 2.35 bits per heavy atom. The third-order valence-corrected chi connectivity index (χ3v) is 2.31. The van der Waals surface area contributed by atoms with Gasteiger partial charge in [-0.05, 0) is 12.1 Å². The van der Waals surface area contributed by atoms with Crippen molar-refractivity contribution in [2.24, 2.45) is 5.73 Å². The van der Waals surface area contributed by atoms with E-state index in [1.807, 2.05) is 0 Å². The average Bonchev–Trinajstić information content (AvgIpc) is 2.19. The number of hydrogen-bond acceptors (Lipinski definition) is 2. The molecule has 0 saturated carbocycles. The second-order valence-corrected chi connectivity index (χ2v) is 3.54. The van der Waals surface area contributed by atoms with Gasteiger partial charge in [0.05, 0.1) is 10.6 Å². The maximum Gasteiger partial charge on any atom is 0.416 e. The molecule has 0 unspecified atom stereocenters. The van der Waals surface area contributed by atoms with Crippen molar-refractivity contribution in [1.29, 1.82) is 0 Å². The fraction of sp³-hybridized carbons (Fsp3) is 0.222. The summed E-state index contributed by atoms with van der Waals surface area (Å²) in [5, 5.41) is 7.92. The lowest BCUT2D eigenvalue weighted by molar-refractivity contribution is -0.141. The Hall–Kier alpha value is -1.34. The SMILES string of the molecule is N[C@@H](C(=O)O)c1c(C(F)(F)F)ccc(Cl)c1F. The number of alkyl halides is 3. The summed E-state index contributed by atoms with van der Waals surface area (Å²) >= 11 is 5.29. The summed E-state index contributed by atoms with van der Waals surface area (Å²) in [6.07, 6.45) is -4.91. The van der Waals surface area contributed by atoms with E-state index in [-0.39, 0.29) is 0 Å². The number of carboxylic acids is 1. The molecule has 0 aliphatic rings. The first-order valence-electron chi connectivity index (χ1n) is 4.19. The minimum atomic E-state index is -4.91. The Balaban J connectivity index is 3.53. The van der Waals surface area contributed by atoms with E-state index in [9.17, 15) is 22.4 Å². The number of carboxylic acid groups (broad SMARTS) is 1. The zero-order valence-corrected chi connectivity index (χ0v) is 8.81. The fourth-order valence-electron chi connectivity index (χ4n) is 1.24. The van der Waals surface area contributed by atoms with E-state index in [1.54, 1.807) is 0 Å². The zero-order chi connectivity index (χ0) is 13.4. The first-order chi connectivity index (χ1) is 7.66. The van der Waals surface area contributed by atoms with Crippen molar-refractivity contribution >= 4 is 17.6 Å². The standard InChI is InChI=1S/C9H6ClF4NO2/c10-4-2-1-3(9(12,13)14)5(6(4)11)7(15)8(16)17/h1-2,7H,15H2,(H,16,17)/t7-/m1/s1. The van der Waals surface area contributed by atoms with Crippen molar-refractivity contribution in [2.75, 3.05) is 0 Å². The lowest BCUT2D eigenvalue weighted by atomic mass is 9.99. The number of nitrogens with two attached hydrogens (primary N) is 1. The maximum absolute atomic E-state index is 13.4. The van der Waals surface area contributed by atoms with E-state index in [0.29, 0.717) is 12.1 Å². The summed E-state index contributed by atoms with van der Waals surface area (Å²) in [6, 6.07) is -0.952. The van der Waals surface area contributed by atoms with E-state index >= 15 is 0 Å². The smallest absolute Gasteiger partial charge is 0.416 e. The van der Waals surface area contributed by atoms with Crippen LogP contribution >= 0.6 is 11.6 Å². The van der Waals surface area contributed by atoms with Gasteiger partial charge in [-0.2, -0.15) is 13.2 Å². The summed E-state index contributed by atoms with van der Waals surface area (Å²) in [4.78, 5) is 10.5. The van der Waals surface area contributed by atoms with Gasteiger partial charge in [0, 0.05) is 5.56 Å². The minimum Gasteiger partial charge on any atom is -0.480 e. The quantitative estimate of drug-likeness (QED) is 0.813. The van der Waals surface area contributed by atoms with Crippen molar-refractivity contribution < 1.29 is 27.5 Å². The lowest BCUT2D eigenvalue weighted by Crippen LogP contribution is -2.26.